The number of hydrogen-bond acceptors (Lipinski definition) is 3. The lowest BCUT2D eigenvalue weighted by Crippen LogP contribution is -2.05. The van der Waals surface area contributed by atoms with Crippen LogP contribution in [0.1, 0.15) is 36.9 Å². The fourth-order valence-electron chi connectivity index (χ4n) is 2.19. The number of carbonyl (C=O) groups excluding carboxylic acids is 1. The van der Waals surface area contributed by atoms with Crippen LogP contribution in [0.3, 0.4) is 0 Å². The molecule has 0 N–H and O–H groups in total. The van der Waals surface area contributed by atoms with E-state index in [1.807, 2.05) is 0 Å². The summed E-state index contributed by atoms with van der Waals surface area (Å²) in [6.45, 7) is 3.94. The van der Waals surface area contributed by atoms with Crippen molar-refractivity contribution in [1.29, 1.82) is 0 Å². The summed E-state index contributed by atoms with van der Waals surface area (Å²) in [5.74, 6) is -0.236. The van der Waals surface area contributed by atoms with Crippen LogP contribution in [-0.4, -0.2) is 17.6 Å². The Balaban J connectivity index is 0.00000180. The molecule has 0 aromatic carbocycles. The second-order valence-electron chi connectivity index (χ2n) is 4.54. The Labute approximate surface area is 122 Å². The number of rotatable bonds is 4. The van der Waals surface area contributed by atoms with Crippen molar-refractivity contribution in [2.75, 3.05) is 6.61 Å². The molecule has 3 nitrogen and oxygen atoms in total. The van der Waals surface area contributed by atoms with Crippen LogP contribution in [0.4, 0.5) is 4.39 Å². The molecule has 0 bridgehead atoms. The Morgan fingerprint density at radius 2 is 2.32 bits per heavy atom. The molecule has 2 atom stereocenters. The average molecular weight is 308 g/mol. The first-order valence-electron chi connectivity index (χ1n) is 6.00. The Morgan fingerprint density at radius 1 is 1.63 bits per heavy atom. The van der Waals surface area contributed by atoms with Crippen molar-refractivity contribution in [3.63, 3.8) is 0 Å². The van der Waals surface area contributed by atoms with Gasteiger partial charge in [-0.15, -0.1) is 12.4 Å². The van der Waals surface area contributed by atoms with Gasteiger partial charge in [0.1, 0.15) is 0 Å². The van der Waals surface area contributed by atoms with Crippen LogP contribution in [0.5, 0.6) is 0 Å². The zero-order valence-corrected chi connectivity index (χ0v) is 12.4. The highest BCUT2D eigenvalue weighted by Gasteiger charge is 2.42. The highest BCUT2D eigenvalue weighted by molar-refractivity contribution is 6.31. The number of nitrogens with zero attached hydrogens (tertiary/aromatic N) is 1. The minimum absolute atomic E-state index is 0. The smallest absolute Gasteiger partial charge is 0.306 e. The first-order valence-corrected chi connectivity index (χ1v) is 6.38. The number of hydrogen-bond donors (Lipinski definition) is 0. The lowest BCUT2D eigenvalue weighted by Gasteiger charge is -2.06. The summed E-state index contributed by atoms with van der Waals surface area (Å²) in [5, 5.41) is 0.127. The van der Waals surface area contributed by atoms with Crippen molar-refractivity contribution in [1.82, 2.24) is 4.98 Å². The summed E-state index contributed by atoms with van der Waals surface area (Å²) in [7, 11) is 0. The normalized spacial score (nSPS) is 20.6. The monoisotopic (exact) mass is 307 g/mol. The number of halogens is 3. The molecule has 2 unspecified atom stereocenters. The largest absolute Gasteiger partial charge is 0.466 e. The highest BCUT2D eigenvalue weighted by atomic mass is 35.5. The van der Waals surface area contributed by atoms with Crippen LogP contribution in [0.15, 0.2) is 6.20 Å². The lowest BCUT2D eigenvalue weighted by atomic mass is 10.1. The van der Waals surface area contributed by atoms with E-state index in [1.54, 1.807) is 13.8 Å². The van der Waals surface area contributed by atoms with Gasteiger partial charge in [-0.2, -0.15) is 0 Å². The summed E-state index contributed by atoms with van der Waals surface area (Å²) >= 11 is 5.85. The van der Waals surface area contributed by atoms with Crippen LogP contribution in [0.25, 0.3) is 0 Å². The molecule has 0 saturated heterocycles. The molecule has 0 radical (unpaired) electrons. The molecule has 1 aliphatic rings. The van der Waals surface area contributed by atoms with Crippen LogP contribution >= 0.6 is 24.0 Å². The molecular formula is C13H16Cl2FNO2. The quantitative estimate of drug-likeness (QED) is 0.797. The van der Waals surface area contributed by atoms with E-state index in [0.717, 1.165) is 18.3 Å². The van der Waals surface area contributed by atoms with Gasteiger partial charge in [-0.3, -0.25) is 9.78 Å². The maximum absolute atomic E-state index is 13.2. The summed E-state index contributed by atoms with van der Waals surface area (Å²) in [6, 6.07) is 0. The summed E-state index contributed by atoms with van der Waals surface area (Å²) < 4.78 is 18.1. The zero-order chi connectivity index (χ0) is 13.3. The van der Waals surface area contributed by atoms with Gasteiger partial charge >= 0.3 is 5.97 Å². The van der Waals surface area contributed by atoms with Crippen LogP contribution in [-0.2, 0) is 9.53 Å². The van der Waals surface area contributed by atoms with Crippen molar-refractivity contribution >= 4 is 30.0 Å². The minimum Gasteiger partial charge on any atom is -0.466 e. The standard InChI is InChI=1S/C13H15ClFNO2.ClH/c1-3-18-11(17)5-8-4-9(8)13-7(2)12(14)10(15)6-16-13;/h6,8-9H,3-5H2,1-2H3;1H. The van der Waals surface area contributed by atoms with Crippen LogP contribution in [0, 0.1) is 18.7 Å². The van der Waals surface area contributed by atoms with E-state index in [1.165, 1.54) is 0 Å². The van der Waals surface area contributed by atoms with Crippen molar-refractivity contribution in [2.24, 2.45) is 5.92 Å². The molecule has 0 aliphatic heterocycles. The Morgan fingerprint density at radius 3 is 2.95 bits per heavy atom. The second kappa shape index (κ2) is 6.53. The fraction of sp³-hybridized carbons (Fsp3) is 0.538. The molecule has 1 aromatic heterocycles. The van der Waals surface area contributed by atoms with Gasteiger partial charge in [0.15, 0.2) is 5.82 Å². The van der Waals surface area contributed by atoms with E-state index in [9.17, 15) is 9.18 Å². The maximum atomic E-state index is 13.2. The third-order valence-electron chi connectivity index (χ3n) is 3.25. The second-order valence-corrected chi connectivity index (χ2v) is 4.92. The Hall–Kier alpha value is -0.870. The predicted molar refractivity (Wildman–Crippen MR) is 73.3 cm³/mol. The van der Waals surface area contributed by atoms with Gasteiger partial charge in [-0.1, -0.05) is 11.6 Å². The van der Waals surface area contributed by atoms with Crippen molar-refractivity contribution in [3.05, 3.63) is 28.3 Å². The molecule has 0 amide bonds. The molecule has 1 fully saturated rings. The number of aromatic nitrogens is 1. The van der Waals surface area contributed by atoms with Crippen molar-refractivity contribution in [2.45, 2.75) is 32.6 Å². The molecule has 2 rings (SSSR count). The number of carbonyl (C=O) groups is 1. The van der Waals surface area contributed by atoms with E-state index >= 15 is 0 Å². The predicted octanol–water partition coefficient (Wildman–Crippen LogP) is 3.66. The van der Waals surface area contributed by atoms with E-state index in [-0.39, 0.29) is 35.2 Å². The number of pyridine rings is 1. The first-order chi connectivity index (χ1) is 8.54. The topological polar surface area (TPSA) is 39.2 Å². The third-order valence-corrected chi connectivity index (χ3v) is 3.71. The average Bonchev–Trinajstić information content (AvgIpc) is 3.05. The van der Waals surface area contributed by atoms with Gasteiger partial charge in [-0.05, 0) is 31.7 Å². The summed E-state index contributed by atoms with van der Waals surface area (Å²) in [5.41, 5.74) is 1.48. The molecule has 1 aromatic rings. The highest BCUT2D eigenvalue weighted by Crippen LogP contribution is 2.50. The minimum atomic E-state index is -0.500. The van der Waals surface area contributed by atoms with E-state index in [2.05, 4.69) is 4.98 Å². The molecule has 6 heteroatoms. The Kier molecular flexibility index (Phi) is 5.56. The van der Waals surface area contributed by atoms with Gasteiger partial charge in [0.2, 0.25) is 0 Å². The number of esters is 1. The maximum Gasteiger partial charge on any atom is 0.306 e. The molecule has 0 spiro atoms. The molecular weight excluding hydrogens is 292 g/mol. The lowest BCUT2D eigenvalue weighted by molar-refractivity contribution is -0.143. The summed E-state index contributed by atoms with van der Waals surface area (Å²) in [6.07, 6.45) is 2.42. The fourth-order valence-corrected chi connectivity index (χ4v) is 2.33. The SMILES string of the molecule is CCOC(=O)CC1CC1c1ncc(F)c(Cl)c1C.Cl. The van der Waals surface area contributed by atoms with Gasteiger partial charge in [0.25, 0.3) is 0 Å². The van der Waals surface area contributed by atoms with Crippen LogP contribution in [0.2, 0.25) is 5.02 Å². The molecule has 1 aliphatic carbocycles. The Bertz CT molecular complexity index is 482. The first kappa shape index (κ1) is 16.2. The van der Waals surface area contributed by atoms with Crippen molar-refractivity contribution in [3.8, 4) is 0 Å². The molecule has 19 heavy (non-hydrogen) atoms. The number of ether oxygens (including phenoxy) is 1. The van der Waals surface area contributed by atoms with Crippen molar-refractivity contribution < 1.29 is 13.9 Å². The van der Waals surface area contributed by atoms with Gasteiger partial charge in [0, 0.05) is 18.0 Å². The zero-order valence-electron chi connectivity index (χ0n) is 10.8. The summed E-state index contributed by atoms with van der Waals surface area (Å²) in [4.78, 5) is 15.4. The van der Waals surface area contributed by atoms with Gasteiger partial charge < -0.3 is 4.74 Å². The van der Waals surface area contributed by atoms with E-state index in [0.29, 0.717) is 18.6 Å². The van der Waals surface area contributed by atoms with E-state index in [4.69, 9.17) is 16.3 Å². The molecule has 1 heterocycles. The van der Waals surface area contributed by atoms with Crippen LogP contribution < -0.4 is 0 Å². The third kappa shape index (κ3) is 3.57. The molecule has 1 saturated carbocycles. The van der Waals surface area contributed by atoms with Gasteiger partial charge in [-0.25, -0.2) is 4.39 Å². The molecule has 106 valence electrons. The van der Waals surface area contributed by atoms with E-state index < -0.39 is 5.82 Å². The van der Waals surface area contributed by atoms with Gasteiger partial charge in [0.05, 0.1) is 17.8 Å².